The topological polar surface area (TPSA) is 63.4 Å². The van der Waals surface area contributed by atoms with E-state index in [0.717, 1.165) is 4.31 Å². The molecule has 1 saturated carbocycles. The highest BCUT2D eigenvalue weighted by molar-refractivity contribution is 7.86. The standard InChI is InChI=1S/C5H9FN2O2S/c6-5-3-1-8(2-4(3)5)11(7,9)10/h3-5H,1-2H2,(H2,7,9,10). The minimum Gasteiger partial charge on any atom is -0.247 e. The Morgan fingerprint density at radius 3 is 2.18 bits per heavy atom. The highest BCUT2D eigenvalue weighted by Gasteiger charge is 2.58. The Balaban J connectivity index is 2.06. The zero-order valence-electron chi connectivity index (χ0n) is 5.77. The van der Waals surface area contributed by atoms with Crippen molar-refractivity contribution in [2.75, 3.05) is 13.1 Å². The van der Waals surface area contributed by atoms with Crippen molar-refractivity contribution in [2.45, 2.75) is 6.17 Å². The van der Waals surface area contributed by atoms with Crippen LogP contribution in [-0.2, 0) is 10.2 Å². The van der Waals surface area contributed by atoms with E-state index in [9.17, 15) is 12.8 Å². The molecule has 0 aromatic heterocycles. The molecule has 0 spiro atoms. The second-order valence-corrected chi connectivity index (χ2v) is 4.68. The predicted octanol–water partition coefficient (Wildman–Crippen LogP) is -0.910. The zero-order chi connectivity index (χ0) is 8.22. The van der Waals surface area contributed by atoms with Crippen molar-refractivity contribution in [1.29, 1.82) is 0 Å². The second-order valence-electron chi connectivity index (χ2n) is 3.13. The van der Waals surface area contributed by atoms with E-state index in [1.807, 2.05) is 0 Å². The van der Waals surface area contributed by atoms with Gasteiger partial charge in [-0.1, -0.05) is 0 Å². The Labute approximate surface area is 64.3 Å². The Bertz CT molecular complexity index is 266. The first-order chi connectivity index (χ1) is 5.00. The average molecular weight is 180 g/mol. The molecule has 6 heteroatoms. The third kappa shape index (κ3) is 1.05. The van der Waals surface area contributed by atoms with Crippen LogP contribution in [0.25, 0.3) is 0 Å². The molecule has 2 N–H and O–H groups in total. The molecule has 0 radical (unpaired) electrons. The normalized spacial score (nSPS) is 44.0. The van der Waals surface area contributed by atoms with Gasteiger partial charge in [0.25, 0.3) is 10.2 Å². The molecule has 64 valence electrons. The van der Waals surface area contributed by atoms with Gasteiger partial charge in [0.05, 0.1) is 0 Å². The van der Waals surface area contributed by atoms with Gasteiger partial charge in [0.1, 0.15) is 6.17 Å². The minimum absolute atomic E-state index is 0.0756. The Kier molecular flexibility index (Phi) is 1.31. The van der Waals surface area contributed by atoms with E-state index in [4.69, 9.17) is 5.14 Å². The molecule has 2 fully saturated rings. The molecule has 0 aromatic rings. The molecular formula is C5H9FN2O2S. The smallest absolute Gasteiger partial charge is 0.247 e. The highest BCUT2D eigenvalue weighted by atomic mass is 32.2. The third-order valence-electron chi connectivity index (χ3n) is 2.42. The van der Waals surface area contributed by atoms with Crippen molar-refractivity contribution < 1.29 is 12.8 Å². The molecule has 0 amide bonds. The van der Waals surface area contributed by atoms with Crippen molar-refractivity contribution in [3.8, 4) is 0 Å². The lowest BCUT2D eigenvalue weighted by Crippen LogP contribution is -2.37. The summed E-state index contributed by atoms with van der Waals surface area (Å²) < 4.78 is 35.0. The fraction of sp³-hybridized carbons (Fsp3) is 1.00. The van der Waals surface area contributed by atoms with E-state index < -0.39 is 16.4 Å². The minimum atomic E-state index is -3.56. The molecule has 0 bridgehead atoms. The molecule has 1 aliphatic carbocycles. The number of nitrogens with two attached hydrogens (primary N) is 1. The van der Waals surface area contributed by atoms with Crippen LogP contribution in [0.3, 0.4) is 0 Å². The van der Waals surface area contributed by atoms with E-state index in [1.165, 1.54) is 0 Å². The van der Waals surface area contributed by atoms with Gasteiger partial charge in [0.15, 0.2) is 0 Å². The molecule has 2 rings (SSSR count). The number of hydrogen-bond donors (Lipinski definition) is 1. The summed E-state index contributed by atoms with van der Waals surface area (Å²) in [5, 5.41) is 4.84. The zero-order valence-corrected chi connectivity index (χ0v) is 6.59. The molecule has 0 aromatic carbocycles. The van der Waals surface area contributed by atoms with E-state index in [2.05, 4.69) is 0 Å². The largest absolute Gasteiger partial charge is 0.276 e. The first-order valence-corrected chi connectivity index (χ1v) is 4.92. The summed E-state index contributed by atoms with van der Waals surface area (Å²) >= 11 is 0. The number of piperidine rings is 1. The molecule has 1 aliphatic heterocycles. The van der Waals surface area contributed by atoms with Crippen molar-refractivity contribution in [2.24, 2.45) is 17.0 Å². The number of halogens is 1. The summed E-state index contributed by atoms with van der Waals surface area (Å²) in [6.07, 6.45) is -0.784. The molecule has 2 atom stereocenters. The maximum Gasteiger partial charge on any atom is 0.276 e. The summed E-state index contributed by atoms with van der Waals surface area (Å²) in [7, 11) is -3.56. The van der Waals surface area contributed by atoms with E-state index >= 15 is 0 Å². The summed E-state index contributed by atoms with van der Waals surface area (Å²) in [4.78, 5) is 0. The Morgan fingerprint density at radius 1 is 1.36 bits per heavy atom. The molecule has 1 saturated heterocycles. The van der Waals surface area contributed by atoms with Gasteiger partial charge >= 0.3 is 0 Å². The molecular weight excluding hydrogens is 171 g/mol. The summed E-state index contributed by atoms with van der Waals surface area (Å²) in [6, 6.07) is 0. The number of alkyl halides is 1. The predicted molar refractivity (Wildman–Crippen MR) is 36.6 cm³/mol. The molecule has 11 heavy (non-hydrogen) atoms. The number of fused-ring (bicyclic) bond motifs is 1. The van der Waals surface area contributed by atoms with Gasteiger partial charge < -0.3 is 0 Å². The summed E-state index contributed by atoms with van der Waals surface area (Å²) in [5.41, 5.74) is 0. The number of rotatable bonds is 1. The van der Waals surface area contributed by atoms with Gasteiger partial charge in [-0.15, -0.1) is 0 Å². The lowest BCUT2D eigenvalue weighted by Gasteiger charge is -2.13. The van der Waals surface area contributed by atoms with E-state index in [0.29, 0.717) is 0 Å². The number of nitrogens with zero attached hydrogens (tertiary/aromatic N) is 1. The van der Waals surface area contributed by atoms with Gasteiger partial charge in [-0.05, 0) is 0 Å². The van der Waals surface area contributed by atoms with Crippen LogP contribution < -0.4 is 5.14 Å². The van der Waals surface area contributed by atoms with Crippen LogP contribution in [0, 0.1) is 11.8 Å². The Hall–Kier alpha value is -0.200. The van der Waals surface area contributed by atoms with Crippen LogP contribution in [0.5, 0.6) is 0 Å². The van der Waals surface area contributed by atoms with Gasteiger partial charge in [-0.2, -0.15) is 12.7 Å². The SMILES string of the molecule is NS(=O)(=O)N1CC2C(F)C2C1. The highest BCUT2D eigenvalue weighted by Crippen LogP contribution is 2.48. The van der Waals surface area contributed by atoms with Crippen LogP contribution in [0.15, 0.2) is 0 Å². The molecule has 2 aliphatic rings. The lowest BCUT2D eigenvalue weighted by atomic mass is 10.4. The first kappa shape index (κ1) is 7.45. The fourth-order valence-corrected chi connectivity index (χ4v) is 2.38. The number of hydrogen-bond acceptors (Lipinski definition) is 2. The van der Waals surface area contributed by atoms with Gasteiger partial charge in [-0.3, -0.25) is 0 Å². The van der Waals surface area contributed by atoms with Crippen molar-refractivity contribution >= 4 is 10.2 Å². The van der Waals surface area contributed by atoms with E-state index in [-0.39, 0.29) is 24.9 Å². The van der Waals surface area contributed by atoms with Crippen LogP contribution in [0.2, 0.25) is 0 Å². The molecule has 4 nitrogen and oxygen atoms in total. The lowest BCUT2D eigenvalue weighted by molar-refractivity contribution is 0.346. The quantitative estimate of drug-likeness (QED) is 0.567. The van der Waals surface area contributed by atoms with Crippen LogP contribution in [-0.4, -0.2) is 32.0 Å². The van der Waals surface area contributed by atoms with Gasteiger partial charge in [0, 0.05) is 24.9 Å². The van der Waals surface area contributed by atoms with Crippen LogP contribution >= 0.6 is 0 Å². The molecule has 2 unspecified atom stereocenters. The first-order valence-electron chi connectivity index (χ1n) is 3.42. The maximum absolute atomic E-state index is 12.5. The van der Waals surface area contributed by atoms with Crippen LogP contribution in [0.1, 0.15) is 0 Å². The van der Waals surface area contributed by atoms with Crippen molar-refractivity contribution in [3.63, 3.8) is 0 Å². The van der Waals surface area contributed by atoms with E-state index in [1.54, 1.807) is 0 Å². The Morgan fingerprint density at radius 2 is 1.82 bits per heavy atom. The summed E-state index contributed by atoms with van der Waals surface area (Å²) in [5.74, 6) is -0.151. The average Bonchev–Trinajstić information content (AvgIpc) is 2.39. The van der Waals surface area contributed by atoms with Gasteiger partial charge in [-0.25, -0.2) is 9.53 Å². The fourth-order valence-electron chi connectivity index (χ4n) is 1.62. The van der Waals surface area contributed by atoms with Gasteiger partial charge in [0.2, 0.25) is 0 Å². The van der Waals surface area contributed by atoms with Crippen molar-refractivity contribution in [3.05, 3.63) is 0 Å². The summed E-state index contributed by atoms with van der Waals surface area (Å²) in [6.45, 7) is 0.537. The van der Waals surface area contributed by atoms with Crippen LogP contribution in [0.4, 0.5) is 4.39 Å². The third-order valence-corrected chi connectivity index (χ3v) is 3.43. The molecule has 1 heterocycles. The monoisotopic (exact) mass is 180 g/mol. The maximum atomic E-state index is 12.5. The second kappa shape index (κ2) is 1.94. The van der Waals surface area contributed by atoms with Crippen molar-refractivity contribution in [1.82, 2.24) is 4.31 Å².